The van der Waals surface area contributed by atoms with Crippen LogP contribution in [0.5, 0.6) is 0 Å². The van der Waals surface area contributed by atoms with Gasteiger partial charge in [0.1, 0.15) is 11.6 Å². The number of hydrogen-bond donors (Lipinski definition) is 1. The first-order valence-corrected chi connectivity index (χ1v) is 8.40. The fourth-order valence-corrected chi connectivity index (χ4v) is 2.82. The van der Waals surface area contributed by atoms with Crippen LogP contribution in [0.3, 0.4) is 0 Å². The van der Waals surface area contributed by atoms with Gasteiger partial charge in [-0.3, -0.25) is 9.59 Å². The van der Waals surface area contributed by atoms with E-state index in [2.05, 4.69) is 21.2 Å². The number of halogens is 3. The topological polar surface area (TPSA) is 55.4 Å². The first-order valence-electron chi connectivity index (χ1n) is 7.61. The average Bonchev–Trinajstić information content (AvgIpc) is 3.37. The molecular weight excluding hydrogens is 396 g/mol. The van der Waals surface area contributed by atoms with Crippen molar-refractivity contribution in [1.29, 1.82) is 0 Å². The van der Waals surface area contributed by atoms with Gasteiger partial charge in [0.2, 0.25) is 0 Å². The standard InChI is InChI=1S/C18H14BrF2NO3/c19-11-3-1-10(2-4-11)13-8-14(13)18(24)25-9-17(23)22-16-6-5-12(20)7-15(16)21/h1-7,13-14H,8-9H2,(H,22,23)/t13-,14+/m0/s1. The van der Waals surface area contributed by atoms with Gasteiger partial charge in [-0.05, 0) is 42.2 Å². The number of benzene rings is 2. The van der Waals surface area contributed by atoms with E-state index >= 15 is 0 Å². The average molecular weight is 410 g/mol. The van der Waals surface area contributed by atoms with Crippen LogP contribution in [0, 0.1) is 17.6 Å². The fraction of sp³-hybridized carbons (Fsp3) is 0.222. The maximum Gasteiger partial charge on any atom is 0.310 e. The van der Waals surface area contributed by atoms with Crippen molar-refractivity contribution < 1.29 is 23.1 Å². The molecule has 0 aromatic heterocycles. The molecule has 2 aromatic carbocycles. The monoisotopic (exact) mass is 409 g/mol. The molecule has 1 saturated carbocycles. The molecular formula is C18H14BrF2NO3. The molecule has 2 aromatic rings. The van der Waals surface area contributed by atoms with Gasteiger partial charge in [0.25, 0.3) is 5.91 Å². The minimum absolute atomic E-state index is 0.0956. The normalized spacial score (nSPS) is 18.5. The van der Waals surface area contributed by atoms with Crippen molar-refractivity contribution in [2.24, 2.45) is 5.92 Å². The van der Waals surface area contributed by atoms with Crippen molar-refractivity contribution in [1.82, 2.24) is 0 Å². The van der Waals surface area contributed by atoms with E-state index in [4.69, 9.17) is 4.74 Å². The molecule has 0 spiro atoms. The minimum Gasteiger partial charge on any atom is -0.455 e. The number of hydrogen-bond acceptors (Lipinski definition) is 3. The highest BCUT2D eigenvalue weighted by Gasteiger charge is 2.45. The fourth-order valence-electron chi connectivity index (χ4n) is 2.55. The van der Waals surface area contributed by atoms with Gasteiger partial charge in [0.05, 0.1) is 11.6 Å². The van der Waals surface area contributed by atoms with Crippen LogP contribution >= 0.6 is 15.9 Å². The Morgan fingerprint density at radius 1 is 1.16 bits per heavy atom. The summed E-state index contributed by atoms with van der Waals surface area (Å²) < 4.78 is 32.2. The van der Waals surface area contributed by atoms with Gasteiger partial charge < -0.3 is 10.1 Å². The van der Waals surface area contributed by atoms with Crippen LogP contribution in [0.2, 0.25) is 0 Å². The predicted octanol–water partition coefficient (Wildman–Crippen LogP) is 4.01. The highest BCUT2D eigenvalue weighted by atomic mass is 79.9. The third kappa shape index (κ3) is 4.42. The summed E-state index contributed by atoms with van der Waals surface area (Å²) in [4.78, 5) is 23.7. The summed E-state index contributed by atoms with van der Waals surface area (Å²) in [5.41, 5.74) is 0.879. The molecule has 4 nitrogen and oxygen atoms in total. The van der Waals surface area contributed by atoms with Crippen LogP contribution in [-0.4, -0.2) is 18.5 Å². The van der Waals surface area contributed by atoms with Crippen LogP contribution in [0.15, 0.2) is 46.9 Å². The zero-order valence-corrected chi connectivity index (χ0v) is 14.6. The zero-order chi connectivity index (χ0) is 18.0. The Bertz CT molecular complexity index is 810. The van der Waals surface area contributed by atoms with Gasteiger partial charge in [0, 0.05) is 10.5 Å². The maximum absolute atomic E-state index is 13.4. The number of anilines is 1. The molecule has 1 fully saturated rings. The molecule has 3 rings (SSSR count). The number of esters is 1. The van der Waals surface area contributed by atoms with E-state index in [0.29, 0.717) is 12.5 Å². The summed E-state index contributed by atoms with van der Waals surface area (Å²) in [6.45, 7) is -0.515. The molecule has 1 N–H and O–H groups in total. The van der Waals surface area contributed by atoms with Gasteiger partial charge in [-0.1, -0.05) is 28.1 Å². The molecule has 7 heteroatoms. The lowest BCUT2D eigenvalue weighted by molar-refractivity contribution is -0.148. The van der Waals surface area contributed by atoms with Gasteiger partial charge >= 0.3 is 5.97 Å². The number of nitrogens with one attached hydrogen (secondary N) is 1. The Morgan fingerprint density at radius 3 is 2.56 bits per heavy atom. The lowest BCUT2D eigenvalue weighted by Crippen LogP contribution is -2.22. The van der Waals surface area contributed by atoms with Gasteiger partial charge in [-0.2, -0.15) is 0 Å². The Hall–Kier alpha value is -2.28. The molecule has 0 aliphatic heterocycles. The van der Waals surface area contributed by atoms with Crippen LogP contribution in [0.4, 0.5) is 14.5 Å². The Kier molecular flexibility index (Phi) is 5.13. The first kappa shape index (κ1) is 17.5. The third-order valence-corrected chi connectivity index (χ3v) is 4.47. The Balaban J connectivity index is 1.48. The second-order valence-corrected chi connectivity index (χ2v) is 6.70. The van der Waals surface area contributed by atoms with Crippen LogP contribution in [0.1, 0.15) is 17.9 Å². The van der Waals surface area contributed by atoms with E-state index in [1.165, 1.54) is 0 Å². The van der Waals surface area contributed by atoms with Crippen molar-refractivity contribution in [3.63, 3.8) is 0 Å². The Labute approximate surface area is 151 Å². The molecule has 0 saturated heterocycles. The lowest BCUT2D eigenvalue weighted by Gasteiger charge is -2.07. The van der Waals surface area contributed by atoms with E-state index in [9.17, 15) is 18.4 Å². The van der Waals surface area contributed by atoms with Crippen LogP contribution < -0.4 is 5.32 Å². The second kappa shape index (κ2) is 7.31. The van der Waals surface area contributed by atoms with Gasteiger partial charge in [-0.15, -0.1) is 0 Å². The summed E-state index contributed by atoms with van der Waals surface area (Å²) in [7, 11) is 0. The third-order valence-electron chi connectivity index (χ3n) is 3.94. The predicted molar refractivity (Wildman–Crippen MR) is 90.9 cm³/mol. The van der Waals surface area contributed by atoms with Gasteiger partial charge in [-0.25, -0.2) is 8.78 Å². The molecule has 0 bridgehead atoms. The van der Waals surface area contributed by atoms with Crippen molar-refractivity contribution in [2.45, 2.75) is 12.3 Å². The van der Waals surface area contributed by atoms with Gasteiger partial charge in [0.15, 0.2) is 6.61 Å². The molecule has 2 atom stereocenters. The summed E-state index contributed by atoms with van der Waals surface area (Å²) in [5, 5.41) is 2.24. The highest BCUT2D eigenvalue weighted by molar-refractivity contribution is 9.10. The number of carbonyl (C=O) groups is 2. The van der Waals surface area contributed by atoms with Crippen molar-refractivity contribution in [3.05, 3.63) is 64.1 Å². The summed E-state index contributed by atoms with van der Waals surface area (Å²) in [6.07, 6.45) is 0.675. The summed E-state index contributed by atoms with van der Waals surface area (Å²) in [6, 6.07) is 10.5. The molecule has 0 radical (unpaired) electrons. The van der Waals surface area contributed by atoms with Crippen molar-refractivity contribution in [3.8, 4) is 0 Å². The van der Waals surface area contributed by atoms with Crippen molar-refractivity contribution in [2.75, 3.05) is 11.9 Å². The highest BCUT2D eigenvalue weighted by Crippen LogP contribution is 2.48. The molecule has 130 valence electrons. The van der Waals surface area contributed by atoms with E-state index in [-0.39, 0.29) is 17.5 Å². The van der Waals surface area contributed by atoms with Crippen LogP contribution in [0.25, 0.3) is 0 Å². The number of ether oxygens (including phenoxy) is 1. The quantitative estimate of drug-likeness (QED) is 0.758. The largest absolute Gasteiger partial charge is 0.455 e. The summed E-state index contributed by atoms with van der Waals surface area (Å²) in [5.74, 6) is -2.94. The number of rotatable bonds is 5. The number of carbonyl (C=O) groups excluding carboxylic acids is 2. The molecule has 1 amide bonds. The minimum atomic E-state index is -0.892. The van der Waals surface area contributed by atoms with Crippen LogP contribution in [-0.2, 0) is 14.3 Å². The smallest absolute Gasteiger partial charge is 0.310 e. The lowest BCUT2D eigenvalue weighted by atomic mass is 10.1. The first-order chi connectivity index (χ1) is 11.9. The van der Waals surface area contributed by atoms with E-state index in [1.54, 1.807) is 0 Å². The second-order valence-electron chi connectivity index (χ2n) is 5.78. The SMILES string of the molecule is O=C(COC(=O)[C@@H]1C[C@H]1c1ccc(Br)cc1)Nc1ccc(F)cc1F. The van der Waals surface area contributed by atoms with E-state index in [1.807, 2.05) is 24.3 Å². The van der Waals surface area contributed by atoms with Crippen molar-refractivity contribution >= 4 is 33.5 Å². The van der Waals surface area contributed by atoms with E-state index < -0.39 is 30.1 Å². The number of amides is 1. The van der Waals surface area contributed by atoms with E-state index in [0.717, 1.165) is 22.2 Å². The molecule has 25 heavy (non-hydrogen) atoms. The maximum atomic E-state index is 13.4. The zero-order valence-electron chi connectivity index (χ0n) is 13.0. The Morgan fingerprint density at radius 2 is 1.88 bits per heavy atom. The molecule has 1 aliphatic rings. The summed E-state index contributed by atoms with van der Waals surface area (Å²) >= 11 is 3.35. The molecule has 0 heterocycles. The molecule has 1 aliphatic carbocycles. The molecule has 0 unspecified atom stereocenters.